The summed E-state index contributed by atoms with van der Waals surface area (Å²) in [6, 6.07) is 82.3. The summed E-state index contributed by atoms with van der Waals surface area (Å²) < 4.78 is 6.46. The SMILES string of the molecule is CC1(C)c2ccccc2-c2ccc(N(c3ccccc3-c3ccc(-c4ccccc4)cc3)c3ccccc3-c3cccc4c5ccc6oc7ccccc7c6c5c5ccccc5c34)cc21. The molecule has 0 spiro atoms. The molecule has 11 aromatic carbocycles. The van der Waals surface area contributed by atoms with Gasteiger partial charge in [0.1, 0.15) is 11.2 Å². The van der Waals surface area contributed by atoms with Crippen molar-refractivity contribution in [2.24, 2.45) is 0 Å². The molecule has 0 N–H and O–H groups in total. The van der Waals surface area contributed by atoms with E-state index in [1.54, 1.807) is 0 Å². The van der Waals surface area contributed by atoms with E-state index >= 15 is 0 Å². The van der Waals surface area contributed by atoms with Crippen molar-refractivity contribution in [1.82, 2.24) is 0 Å². The van der Waals surface area contributed by atoms with Crippen molar-refractivity contribution in [2.45, 2.75) is 19.3 Å². The van der Waals surface area contributed by atoms with E-state index in [0.717, 1.165) is 50.3 Å². The van der Waals surface area contributed by atoms with Gasteiger partial charge in [0, 0.05) is 38.4 Å². The third-order valence-corrected chi connectivity index (χ3v) is 14.1. The van der Waals surface area contributed by atoms with Gasteiger partial charge in [-0.15, -0.1) is 0 Å². The normalized spacial score (nSPS) is 12.9. The van der Waals surface area contributed by atoms with E-state index in [-0.39, 0.29) is 5.41 Å². The van der Waals surface area contributed by atoms with Crippen molar-refractivity contribution in [1.29, 1.82) is 0 Å². The summed E-state index contributed by atoms with van der Waals surface area (Å²) in [6.45, 7) is 4.74. The molecule has 1 aliphatic carbocycles. The van der Waals surface area contributed by atoms with Gasteiger partial charge in [-0.2, -0.15) is 0 Å². The molecule has 0 radical (unpaired) electrons. The van der Waals surface area contributed by atoms with Crippen LogP contribution in [0, 0.1) is 0 Å². The van der Waals surface area contributed by atoms with Crippen LogP contribution >= 0.6 is 0 Å². The van der Waals surface area contributed by atoms with Crippen LogP contribution in [-0.2, 0) is 5.41 Å². The predicted octanol–water partition coefficient (Wildman–Crippen LogP) is 17.8. The minimum Gasteiger partial charge on any atom is -0.456 e. The molecule has 1 aromatic heterocycles. The highest BCUT2D eigenvalue weighted by molar-refractivity contribution is 6.36. The molecule has 0 aliphatic heterocycles. The highest BCUT2D eigenvalue weighted by Crippen LogP contribution is 2.53. The topological polar surface area (TPSA) is 16.4 Å². The fourth-order valence-electron chi connectivity index (χ4n) is 11.1. The molecular formula is C63H43NO. The summed E-state index contributed by atoms with van der Waals surface area (Å²) in [5.41, 5.74) is 17.4. The fraction of sp³-hybridized carbons (Fsp3) is 0.0476. The van der Waals surface area contributed by atoms with Crippen molar-refractivity contribution in [3.05, 3.63) is 236 Å². The second-order valence-corrected chi connectivity index (χ2v) is 17.9. The maximum absolute atomic E-state index is 6.46. The number of hydrogen-bond acceptors (Lipinski definition) is 2. The Labute approximate surface area is 378 Å². The lowest BCUT2D eigenvalue weighted by Gasteiger charge is -2.31. The Hall–Kier alpha value is -8.20. The number of nitrogens with zero attached hydrogens (tertiary/aromatic N) is 1. The van der Waals surface area contributed by atoms with Crippen molar-refractivity contribution in [3.8, 4) is 44.5 Å². The largest absolute Gasteiger partial charge is 0.456 e. The maximum Gasteiger partial charge on any atom is 0.136 e. The lowest BCUT2D eigenvalue weighted by molar-refractivity contribution is 0.660. The van der Waals surface area contributed by atoms with Crippen LogP contribution in [-0.4, -0.2) is 0 Å². The third kappa shape index (κ3) is 5.67. The Morgan fingerprint density at radius 1 is 0.323 bits per heavy atom. The van der Waals surface area contributed by atoms with Crippen LogP contribution in [0.5, 0.6) is 0 Å². The summed E-state index contributed by atoms with van der Waals surface area (Å²) in [4.78, 5) is 2.51. The molecule has 0 unspecified atom stereocenters. The lowest BCUT2D eigenvalue weighted by atomic mass is 9.82. The Morgan fingerprint density at radius 3 is 1.65 bits per heavy atom. The number of hydrogen-bond donors (Lipinski definition) is 0. The monoisotopic (exact) mass is 829 g/mol. The van der Waals surface area contributed by atoms with E-state index in [1.165, 1.54) is 76.6 Å². The quantitative estimate of drug-likeness (QED) is 0.155. The van der Waals surface area contributed by atoms with Gasteiger partial charge in [-0.1, -0.05) is 196 Å². The zero-order chi connectivity index (χ0) is 43.2. The van der Waals surface area contributed by atoms with E-state index in [4.69, 9.17) is 4.42 Å². The number of para-hydroxylation sites is 3. The average molecular weight is 830 g/mol. The Bertz CT molecular complexity index is 3830. The molecule has 0 fully saturated rings. The standard InChI is InChI=1S/C63H43NO/c1-63(2)54-27-12-8-20-45(54)46-36-35-43(39-55(46)63)64(56-28-13-9-19-44(56)42-33-31-41(32-34-42)40-17-4-3-5-18-40)57-29-14-10-21-47(57)48-25-16-26-50-52-37-38-59-62(53-24-11-15-30-58(53)65-59)61(52)51-23-7-6-22-49(51)60(48)50/h3-39H,1-2H3. The van der Waals surface area contributed by atoms with Gasteiger partial charge in [0.25, 0.3) is 0 Å². The van der Waals surface area contributed by atoms with Crippen LogP contribution in [0.3, 0.4) is 0 Å². The second kappa shape index (κ2) is 14.4. The predicted molar refractivity (Wildman–Crippen MR) is 275 cm³/mol. The van der Waals surface area contributed by atoms with E-state index < -0.39 is 0 Å². The molecule has 1 heterocycles. The van der Waals surface area contributed by atoms with E-state index in [2.05, 4.69) is 243 Å². The number of furan rings is 1. The van der Waals surface area contributed by atoms with Crippen LogP contribution in [0.25, 0.3) is 98.8 Å². The van der Waals surface area contributed by atoms with Gasteiger partial charge < -0.3 is 9.32 Å². The zero-order valence-electron chi connectivity index (χ0n) is 36.2. The van der Waals surface area contributed by atoms with E-state index in [9.17, 15) is 0 Å². The molecule has 12 aromatic rings. The summed E-state index contributed by atoms with van der Waals surface area (Å²) in [5, 5.41) is 9.67. The third-order valence-electron chi connectivity index (χ3n) is 14.1. The molecule has 0 bridgehead atoms. The van der Waals surface area contributed by atoms with Gasteiger partial charge in [-0.25, -0.2) is 0 Å². The molecule has 2 heteroatoms. The number of anilines is 3. The van der Waals surface area contributed by atoms with Gasteiger partial charge in [0.2, 0.25) is 0 Å². The van der Waals surface area contributed by atoms with Gasteiger partial charge in [0.15, 0.2) is 0 Å². The van der Waals surface area contributed by atoms with Crippen LogP contribution in [0.4, 0.5) is 17.1 Å². The molecule has 0 atom stereocenters. The molecule has 0 saturated carbocycles. The van der Waals surface area contributed by atoms with E-state index in [0.29, 0.717) is 0 Å². The van der Waals surface area contributed by atoms with Crippen molar-refractivity contribution in [2.75, 3.05) is 4.90 Å². The van der Waals surface area contributed by atoms with Crippen LogP contribution in [0.15, 0.2) is 229 Å². The molecule has 0 saturated heterocycles. The minimum absolute atomic E-state index is 0.165. The second-order valence-electron chi connectivity index (χ2n) is 17.9. The van der Waals surface area contributed by atoms with Crippen molar-refractivity contribution >= 4 is 71.3 Å². The molecule has 0 amide bonds. The zero-order valence-corrected chi connectivity index (χ0v) is 36.2. The Morgan fingerprint density at radius 2 is 0.862 bits per heavy atom. The summed E-state index contributed by atoms with van der Waals surface area (Å²) in [6.07, 6.45) is 0. The smallest absolute Gasteiger partial charge is 0.136 e. The van der Waals surface area contributed by atoms with Gasteiger partial charge in [-0.3, -0.25) is 0 Å². The number of rotatable bonds is 6. The van der Waals surface area contributed by atoms with Gasteiger partial charge >= 0.3 is 0 Å². The van der Waals surface area contributed by atoms with Crippen molar-refractivity contribution < 1.29 is 4.42 Å². The Balaban J connectivity index is 1.07. The lowest BCUT2D eigenvalue weighted by Crippen LogP contribution is -2.17. The number of fused-ring (bicyclic) bond motifs is 13. The maximum atomic E-state index is 6.46. The number of benzene rings is 11. The van der Waals surface area contributed by atoms with Gasteiger partial charge in [-0.05, 0) is 114 Å². The fourth-order valence-corrected chi connectivity index (χ4v) is 11.1. The van der Waals surface area contributed by atoms with Gasteiger partial charge in [0.05, 0.1) is 11.4 Å². The molecule has 2 nitrogen and oxygen atoms in total. The van der Waals surface area contributed by atoms with Crippen LogP contribution < -0.4 is 4.90 Å². The average Bonchev–Trinajstić information content (AvgIpc) is 3.86. The molecule has 65 heavy (non-hydrogen) atoms. The molecule has 306 valence electrons. The highest BCUT2D eigenvalue weighted by Gasteiger charge is 2.36. The minimum atomic E-state index is -0.165. The van der Waals surface area contributed by atoms with E-state index in [1.807, 2.05) is 0 Å². The summed E-state index contributed by atoms with van der Waals surface area (Å²) >= 11 is 0. The molecular weight excluding hydrogens is 787 g/mol. The first kappa shape index (κ1) is 37.4. The first-order valence-corrected chi connectivity index (χ1v) is 22.6. The highest BCUT2D eigenvalue weighted by atomic mass is 16.3. The van der Waals surface area contributed by atoms with Crippen LogP contribution in [0.1, 0.15) is 25.0 Å². The first-order valence-electron chi connectivity index (χ1n) is 22.6. The molecule has 1 aliphatic rings. The first-order chi connectivity index (χ1) is 32.0. The van der Waals surface area contributed by atoms with Crippen molar-refractivity contribution in [3.63, 3.8) is 0 Å². The summed E-state index contributed by atoms with van der Waals surface area (Å²) in [7, 11) is 0. The Kier molecular flexibility index (Phi) is 8.29. The summed E-state index contributed by atoms with van der Waals surface area (Å²) in [5.74, 6) is 0. The molecule has 13 rings (SSSR count). The van der Waals surface area contributed by atoms with Crippen LogP contribution in [0.2, 0.25) is 0 Å².